The first kappa shape index (κ1) is 15.9. The van der Waals surface area contributed by atoms with Gasteiger partial charge in [0.15, 0.2) is 5.82 Å². The highest BCUT2D eigenvalue weighted by atomic mass is 16.5. The number of aryl methyl sites for hydroxylation is 2. The zero-order valence-electron chi connectivity index (χ0n) is 14.6. The minimum atomic E-state index is -0.0989. The normalized spacial score (nSPS) is 17.5. The number of carbonyl (C=O) groups excluding carboxylic acids is 1. The molecule has 3 aromatic rings. The first-order valence-corrected chi connectivity index (χ1v) is 8.88. The Kier molecular flexibility index (Phi) is 4.03. The zero-order valence-corrected chi connectivity index (χ0v) is 14.6. The Balaban J connectivity index is 1.72. The molecule has 1 atom stereocenters. The van der Waals surface area contributed by atoms with Crippen molar-refractivity contribution in [3.8, 4) is 0 Å². The van der Waals surface area contributed by atoms with Gasteiger partial charge in [-0.25, -0.2) is 0 Å². The van der Waals surface area contributed by atoms with Crippen molar-refractivity contribution in [3.05, 3.63) is 47.7 Å². The minimum absolute atomic E-state index is 0.0519. The Labute approximate surface area is 146 Å². The number of carbonyl (C=O) groups is 1. The molecule has 1 aromatic carbocycles. The summed E-state index contributed by atoms with van der Waals surface area (Å²) in [5, 5.41) is 5.05. The molecule has 1 fully saturated rings. The van der Waals surface area contributed by atoms with Crippen molar-refractivity contribution in [3.63, 3.8) is 0 Å². The van der Waals surface area contributed by atoms with E-state index in [4.69, 9.17) is 4.52 Å². The van der Waals surface area contributed by atoms with Crippen molar-refractivity contribution in [2.24, 2.45) is 0 Å². The van der Waals surface area contributed by atoms with E-state index in [-0.39, 0.29) is 11.9 Å². The number of aromatic nitrogens is 3. The molecule has 6 heteroatoms. The molecule has 0 spiro atoms. The van der Waals surface area contributed by atoms with Crippen molar-refractivity contribution in [1.29, 1.82) is 0 Å². The largest absolute Gasteiger partial charge is 0.347 e. The molecule has 0 saturated carbocycles. The summed E-state index contributed by atoms with van der Waals surface area (Å²) in [7, 11) is 0. The van der Waals surface area contributed by atoms with Crippen LogP contribution in [0.25, 0.3) is 10.9 Å². The fraction of sp³-hybridized carbons (Fsp3) is 0.421. The van der Waals surface area contributed by atoms with Gasteiger partial charge in [0.05, 0.1) is 11.6 Å². The molecular weight excluding hydrogens is 316 g/mol. The van der Waals surface area contributed by atoms with Crippen LogP contribution in [0.2, 0.25) is 0 Å². The first-order valence-electron chi connectivity index (χ1n) is 8.88. The fourth-order valence-corrected chi connectivity index (χ4v) is 3.73. The van der Waals surface area contributed by atoms with E-state index in [2.05, 4.69) is 27.7 Å². The first-order chi connectivity index (χ1) is 12.2. The van der Waals surface area contributed by atoms with Gasteiger partial charge in [0.1, 0.15) is 0 Å². The predicted molar refractivity (Wildman–Crippen MR) is 94.3 cm³/mol. The summed E-state index contributed by atoms with van der Waals surface area (Å²) in [6.45, 7) is 5.55. The van der Waals surface area contributed by atoms with E-state index < -0.39 is 0 Å². The molecule has 1 saturated heterocycles. The Morgan fingerprint density at radius 3 is 2.96 bits per heavy atom. The van der Waals surface area contributed by atoms with Crippen LogP contribution in [0.5, 0.6) is 0 Å². The van der Waals surface area contributed by atoms with Crippen molar-refractivity contribution in [2.75, 3.05) is 6.54 Å². The van der Waals surface area contributed by atoms with Gasteiger partial charge in [0, 0.05) is 37.1 Å². The van der Waals surface area contributed by atoms with Gasteiger partial charge in [-0.2, -0.15) is 4.98 Å². The number of benzene rings is 1. The maximum Gasteiger partial charge on any atom is 0.256 e. The van der Waals surface area contributed by atoms with Crippen LogP contribution in [0.15, 0.2) is 35.0 Å². The monoisotopic (exact) mass is 338 g/mol. The number of hydrogen-bond donors (Lipinski definition) is 0. The van der Waals surface area contributed by atoms with Crippen molar-refractivity contribution in [2.45, 2.75) is 45.7 Å². The Hall–Kier alpha value is -2.63. The number of nitrogens with zero attached hydrogens (tertiary/aromatic N) is 4. The highest BCUT2D eigenvalue weighted by Gasteiger charge is 2.34. The van der Waals surface area contributed by atoms with Crippen molar-refractivity contribution >= 4 is 16.8 Å². The average molecular weight is 338 g/mol. The Morgan fingerprint density at radius 2 is 2.20 bits per heavy atom. The standard InChI is InChI=1S/C19H22N4O2/c1-3-10-22-12-15(14-7-4-5-8-16(14)22)19(24)23-11-6-9-17(23)18-20-13(2)25-21-18/h4-5,7-8,12,17H,3,6,9-11H2,1-2H3/t17-/m0/s1. The van der Waals surface area contributed by atoms with Crippen LogP contribution in [0, 0.1) is 6.92 Å². The van der Waals surface area contributed by atoms with Crippen LogP contribution in [0.3, 0.4) is 0 Å². The van der Waals surface area contributed by atoms with E-state index in [1.165, 1.54) is 0 Å². The van der Waals surface area contributed by atoms with E-state index in [9.17, 15) is 4.79 Å². The molecule has 0 aliphatic carbocycles. The van der Waals surface area contributed by atoms with Crippen LogP contribution >= 0.6 is 0 Å². The number of fused-ring (bicyclic) bond motifs is 1. The SMILES string of the molecule is CCCn1cc(C(=O)N2CCC[C@H]2c2noc(C)n2)c2ccccc21. The summed E-state index contributed by atoms with van der Waals surface area (Å²) >= 11 is 0. The van der Waals surface area contributed by atoms with Gasteiger partial charge in [0.2, 0.25) is 5.89 Å². The second-order valence-corrected chi connectivity index (χ2v) is 6.58. The van der Waals surface area contributed by atoms with Crippen LogP contribution in [-0.4, -0.2) is 32.1 Å². The number of amides is 1. The van der Waals surface area contributed by atoms with Gasteiger partial charge < -0.3 is 14.0 Å². The van der Waals surface area contributed by atoms with Gasteiger partial charge in [-0.3, -0.25) is 4.79 Å². The van der Waals surface area contributed by atoms with Crippen LogP contribution in [0.1, 0.15) is 54.3 Å². The molecule has 4 rings (SSSR count). The lowest BCUT2D eigenvalue weighted by molar-refractivity contribution is 0.0730. The van der Waals surface area contributed by atoms with E-state index >= 15 is 0 Å². The Morgan fingerprint density at radius 1 is 1.36 bits per heavy atom. The molecule has 1 aliphatic rings. The lowest BCUT2D eigenvalue weighted by Crippen LogP contribution is -2.31. The molecule has 3 heterocycles. The maximum absolute atomic E-state index is 13.3. The zero-order chi connectivity index (χ0) is 17.4. The fourth-order valence-electron chi connectivity index (χ4n) is 3.73. The average Bonchev–Trinajstić information content (AvgIpc) is 3.33. The molecule has 0 unspecified atom stereocenters. The second-order valence-electron chi connectivity index (χ2n) is 6.58. The van der Waals surface area contributed by atoms with E-state index in [0.717, 1.165) is 48.8 Å². The summed E-state index contributed by atoms with van der Waals surface area (Å²) in [5.41, 5.74) is 1.87. The van der Waals surface area contributed by atoms with Crippen molar-refractivity contribution in [1.82, 2.24) is 19.6 Å². The Bertz CT molecular complexity index is 911. The predicted octanol–water partition coefficient (Wildman–Crippen LogP) is 3.72. The molecule has 130 valence electrons. The van der Waals surface area contributed by atoms with E-state index in [0.29, 0.717) is 11.7 Å². The number of likely N-dealkylation sites (tertiary alicyclic amines) is 1. The molecule has 6 nitrogen and oxygen atoms in total. The summed E-state index contributed by atoms with van der Waals surface area (Å²) in [6, 6.07) is 8.01. The van der Waals surface area contributed by atoms with Crippen molar-refractivity contribution < 1.29 is 9.32 Å². The third kappa shape index (κ3) is 2.71. The molecular formula is C19H22N4O2. The van der Waals surface area contributed by atoms with Gasteiger partial charge in [-0.15, -0.1) is 0 Å². The highest BCUT2D eigenvalue weighted by molar-refractivity contribution is 6.07. The van der Waals surface area contributed by atoms with Gasteiger partial charge in [0.25, 0.3) is 5.91 Å². The van der Waals surface area contributed by atoms with E-state index in [1.807, 2.05) is 29.3 Å². The van der Waals surface area contributed by atoms with E-state index in [1.54, 1.807) is 6.92 Å². The summed E-state index contributed by atoms with van der Waals surface area (Å²) in [4.78, 5) is 19.5. The molecule has 0 bridgehead atoms. The number of para-hydroxylation sites is 1. The smallest absolute Gasteiger partial charge is 0.256 e. The quantitative estimate of drug-likeness (QED) is 0.727. The molecule has 0 radical (unpaired) electrons. The molecule has 1 amide bonds. The van der Waals surface area contributed by atoms with Gasteiger partial charge >= 0.3 is 0 Å². The third-order valence-corrected chi connectivity index (χ3v) is 4.84. The lowest BCUT2D eigenvalue weighted by Gasteiger charge is -2.21. The minimum Gasteiger partial charge on any atom is -0.347 e. The van der Waals surface area contributed by atoms with Crippen LogP contribution in [0.4, 0.5) is 0 Å². The molecule has 1 aliphatic heterocycles. The highest BCUT2D eigenvalue weighted by Crippen LogP contribution is 2.33. The van der Waals surface area contributed by atoms with Gasteiger partial charge in [-0.1, -0.05) is 30.3 Å². The number of rotatable bonds is 4. The summed E-state index contributed by atoms with van der Waals surface area (Å²) in [5.74, 6) is 1.20. The van der Waals surface area contributed by atoms with Gasteiger partial charge in [-0.05, 0) is 25.3 Å². The van der Waals surface area contributed by atoms with Crippen LogP contribution in [-0.2, 0) is 6.54 Å². The topological polar surface area (TPSA) is 64.2 Å². The summed E-state index contributed by atoms with van der Waals surface area (Å²) in [6.07, 6.45) is 4.85. The number of hydrogen-bond acceptors (Lipinski definition) is 4. The second kappa shape index (κ2) is 6.35. The molecule has 2 aromatic heterocycles. The summed E-state index contributed by atoms with van der Waals surface area (Å²) < 4.78 is 7.29. The molecule has 0 N–H and O–H groups in total. The molecule has 25 heavy (non-hydrogen) atoms. The maximum atomic E-state index is 13.3. The third-order valence-electron chi connectivity index (χ3n) is 4.84. The lowest BCUT2D eigenvalue weighted by atomic mass is 10.1. The van der Waals surface area contributed by atoms with Crippen LogP contribution < -0.4 is 0 Å².